The molecule has 0 bridgehead atoms. The van der Waals surface area contributed by atoms with Crippen molar-refractivity contribution in [2.75, 3.05) is 34.4 Å². The highest BCUT2D eigenvalue weighted by molar-refractivity contribution is 14.0. The van der Waals surface area contributed by atoms with Gasteiger partial charge < -0.3 is 24.8 Å². The smallest absolute Gasteiger partial charge is 0.203 e. The van der Waals surface area contributed by atoms with Crippen LogP contribution >= 0.6 is 24.0 Å². The van der Waals surface area contributed by atoms with Crippen LogP contribution in [0, 0.1) is 5.41 Å². The minimum Gasteiger partial charge on any atom is -0.493 e. The highest BCUT2D eigenvalue weighted by Crippen LogP contribution is 2.40. The van der Waals surface area contributed by atoms with Gasteiger partial charge in [-0.25, -0.2) is 4.99 Å². The van der Waals surface area contributed by atoms with Crippen LogP contribution in [0.5, 0.6) is 17.2 Å². The van der Waals surface area contributed by atoms with E-state index >= 15 is 0 Å². The lowest BCUT2D eigenvalue weighted by Crippen LogP contribution is -2.42. The molecular formula is C21H36IN3O3. The first kappa shape index (κ1) is 24.7. The van der Waals surface area contributed by atoms with E-state index in [-0.39, 0.29) is 24.0 Å². The summed E-state index contributed by atoms with van der Waals surface area (Å²) in [6.45, 7) is 6.73. The second-order valence-electron chi connectivity index (χ2n) is 7.14. The number of hydrogen-bond acceptors (Lipinski definition) is 4. The van der Waals surface area contributed by atoms with E-state index < -0.39 is 0 Å². The molecule has 0 aromatic heterocycles. The zero-order chi connectivity index (χ0) is 19.7. The number of nitrogens with zero attached hydrogens (tertiary/aromatic N) is 1. The Kier molecular flexibility index (Phi) is 10.8. The molecule has 0 amide bonds. The summed E-state index contributed by atoms with van der Waals surface area (Å²) in [5.74, 6) is 2.75. The summed E-state index contributed by atoms with van der Waals surface area (Å²) in [6.07, 6.45) is 6.52. The third-order valence-electron chi connectivity index (χ3n) is 5.53. The van der Waals surface area contributed by atoms with Crippen LogP contribution in [-0.4, -0.2) is 40.4 Å². The Balaban J connectivity index is 0.00000392. The summed E-state index contributed by atoms with van der Waals surface area (Å²) < 4.78 is 16.2. The predicted octanol–water partition coefficient (Wildman–Crippen LogP) is 4.36. The third kappa shape index (κ3) is 6.32. The fourth-order valence-corrected chi connectivity index (χ4v) is 3.79. The summed E-state index contributed by atoms with van der Waals surface area (Å²) in [7, 11) is 4.86. The number of aliphatic imine (C=N–C) groups is 1. The van der Waals surface area contributed by atoms with E-state index in [4.69, 9.17) is 19.2 Å². The van der Waals surface area contributed by atoms with E-state index in [9.17, 15) is 0 Å². The zero-order valence-electron chi connectivity index (χ0n) is 17.9. The Hall–Kier alpha value is -1.38. The molecule has 7 heteroatoms. The SMILES string of the molecule is CCNC(=NCc1cc(OC)c(OC)c(OC)c1)NCC1(CC)CCCC1.I. The minimum atomic E-state index is 0. The summed E-state index contributed by atoms with van der Waals surface area (Å²) in [5, 5.41) is 6.91. The van der Waals surface area contributed by atoms with Crippen LogP contribution < -0.4 is 24.8 Å². The lowest BCUT2D eigenvalue weighted by atomic mass is 9.83. The Morgan fingerprint density at radius 1 is 1.00 bits per heavy atom. The molecule has 0 aliphatic heterocycles. The van der Waals surface area contributed by atoms with Crippen LogP contribution in [0.15, 0.2) is 17.1 Å². The molecule has 0 heterocycles. The number of methoxy groups -OCH3 is 3. The predicted molar refractivity (Wildman–Crippen MR) is 126 cm³/mol. The van der Waals surface area contributed by atoms with Gasteiger partial charge >= 0.3 is 0 Å². The maximum absolute atomic E-state index is 5.43. The summed E-state index contributed by atoms with van der Waals surface area (Å²) >= 11 is 0. The van der Waals surface area contributed by atoms with Crippen molar-refractivity contribution in [1.29, 1.82) is 0 Å². The van der Waals surface area contributed by atoms with E-state index in [2.05, 4.69) is 24.5 Å². The molecule has 2 rings (SSSR count). The third-order valence-corrected chi connectivity index (χ3v) is 5.53. The Morgan fingerprint density at radius 2 is 1.61 bits per heavy atom. The van der Waals surface area contributed by atoms with Gasteiger partial charge in [0.05, 0.1) is 27.9 Å². The van der Waals surface area contributed by atoms with Crippen LogP contribution in [0.4, 0.5) is 0 Å². The van der Waals surface area contributed by atoms with Crippen molar-refractivity contribution in [3.63, 3.8) is 0 Å². The van der Waals surface area contributed by atoms with Crippen LogP contribution in [0.2, 0.25) is 0 Å². The number of benzene rings is 1. The zero-order valence-corrected chi connectivity index (χ0v) is 20.2. The summed E-state index contributed by atoms with van der Waals surface area (Å²) in [6, 6.07) is 3.89. The summed E-state index contributed by atoms with van der Waals surface area (Å²) in [5.41, 5.74) is 1.43. The van der Waals surface area contributed by atoms with E-state index in [1.807, 2.05) is 12.1 Å². The van der Waals surface area contributed by atoms with Crippen molar-refractivity contribution in [2.45, 2.75) is 52.5 Å². The molecule has 1 aliphatic carbocycles. The first-order valence-corrected chi connectivity index (χ1v) is 9.92. The molecule has 1 aromatic carbocycles. The van der Waals surface area contributed by atoms with Gasteiger partial charge in [-0.15, -0.1) is 24.0 Å². The molecule has 1 saturated carbocycles. The van der Waals surface area contributed by atoms with E-state index in [0.29, 0.717) is 29.2 Å². The quantitative estimate of drug-likeness (QED) is 0.297. The molecule has 0 radical (unpaired) electrons. The van der Waals surface area contributed by atoms with Crippen LogP contribution in [0.3, 0.4) is 0 Å². The average Bonchev–Trinajstić information content (AvgIpc) is 3.18. The van der Waals surface area contributed by atoms with Gasteiger partial charge in [0.1, 0.15) is 0 Å². The molecule has 1 aromatic rings. The van der Waals surface area contributed by atoms with Gasteiger partial charge in [-0.3, -0.25) is 0 Å². The molecule has 6 nitrogen and oxygen atoms in total. The van der Waals surface area contributed by atoms with Crippen molar-refractivity contribution in [3.8, 4) is 17.2 Å². The number of halogens is 1. The Bertz CT molecular complexity index is 606. The molecule has 2 N–H and O–H groups in total. The maximum Gasteiger partial charge on any atom is 0.203 e. The average molecular weight is 505 g/mol. The first-order valence-electron chi connectivity index (χ1n) is 9.92. The van der Waals surface area contributed by atoms with E-state index in [0.717, 1.165) is 24.6 Å². The number of hydrogen-bond donors (Lipinski definition) is 2. The highest BCUT2D eigenvalue weighted by atomic mass is 127. The molecule has 0 saturated heterocycles. The standard InChI is InChI=1S/C21H35N3O3.HI/c1-6-21(10-8-9-11-21)15-24-20(22-7-2)23-14-16-12-17(25-3)19(27-5)18(13-16)26-4;/h12-13H,6-11,14-15H2,1-5H3,(H2,22,23,24);1H. The summed E-state index contributed by atoms with van der Waals surface area (Å²) in [4.78, 5) is 4.76. The van der Waals surface area contributed by atoms with E-state index in [1.165, 1.54) is 32.1 Å². The van der Waals surface area contributed by atoms with Gasteiger partial charge in [0.25, 0.3) is 0 Å². The fourth-order valence-electron chi connectivity index (χ4n) is 3.79. The van der Waals surface area contributed by atoms with Gasteiger partial charge in [-0.2, -0.15) is 0 Å². The molecule has 0 spiro atoms. The van der Waals surface area contributed by atoms with Gasteiger partial charge in [-0.1, -0.05) is 19.8 Å². The largest absolute Gasteiger partial charge is 0.493 e. The van der Waals surface area contributed by atoms with Crippen molar-refractivity contribution in [1.82, 2.24) is 10.6 Å². The molecule has 160 valence electrons. The molecular weight excluding hydrogens is 469 g/mol. The van der Waals surface area contributed by atoms with Crippen molar-refractivity contribution in [3.05, 3.63) is 17.7 Å². The van der Waals surface area contributed by atoms with Gasteiger partial charge in [-0.05, 0) is 49.3 Å². The van der Waals surface area contributed by atoms with Crippen molar-refractivity contribution in [2.24, 2.45) is 10.4 Å². The monoisotopic (exact) mass is 505 g/mol. The van der Waals surface area contributed by atoms with Gasteiger partial charge in [0.15, 0.2) is 17.5 Å². The Labute approximate surface area is 186 Å². The maximum atomic E-state index is 5.43. The normalized spacial score (nSPS) is 15.5. The number of rotatable bonds is 9. The molecule has 0 atom stereocenters. The van der Waals surface area contributed by atoms with Crippen LogP contribution in [-0.2, 0) is 6.54 Å². The molecule has 0 unspecified atom stereocenters. The topological polar surface area (TPSA) is 64.1 Å². The Morgan fingerprint density at radius 3 is 2.07 bits per heavy atom. The van der Waals surface area contributed by atoms with Crippen LogP contribution in [0.25, 0.3) is 0 Å². The second kappa shape index (κ2) is 12.2. The highest BCUT2D eigenvalue weighted by Gasteiger charge is 2.31. The lowest BCUT2D eigenvalue weighted by Gasteiger charge is -2.28. The van der Waals surface area contributed by atoms with E-state index in [1.54, 1.807) is 21.3 Å². The fraction of sp³-hybridized carbons (Fsp3) is 0.667. The molecule has 28 heavy (non-hydrogen) atoms. The van der Waals surface area contributed by atoms with Crippen LogP contribution in [0.1, 0.15) is 51.5 Å². The van der Waals surface area contributed by atoms with Crippen molar-refractivity contribution >= 4 is 29.9 Å². The second-order valence-corrected chi connectivity index (χ2v) is 7.14. The number of guanidine groups is 1. The van der Waals surface area contributed by atoms with Gasteiger partial charge in [0.2, 0.25) is 5.75 Å². The number of nitrogens with one attached hydrogen (secondary N) is 2. The molecule has 1 aliphatic rings. The van der Waals surface area contributed by atoms with Crippen molar-refractivity contribution < 1.29 is 14.2 Å². The first-order chi connectivity index (χ1) is 13.1. The lowest BCUT2D eigenvalue weighted by molar-refractivity contribution is 0.283. The molecule has 1 fully saturated rings. The van der Waals surface area contributed by atoms with Gasteiger partial charge in [0, 0.05) is 13.1 Å². The number of ether oxygens (including phenoxy) is 3. The minimum absolute atomic E-state index is 0.